The molecule has 1 aromatic rings. The zero-order chi connectivity index (χ0) is 11.0. The van der Waals surface area contributed by atoms with Crippen molar-refractivity contribution in [2.24, 2.45) is 0 Å². The SMILES string of the molecule is O=C1NC(=O)C(c2occc2Br)C(=O)N1. The molecule has 7 heteroatoms. The topological polar surface area (TPSA) is 88.4 Å². The number of amides is 4. The predicted octanol–water partition coefficient (Wildman–Crippen LogP) is 0.492. The zero-order valence-electron chi connectivity index (χ0n) is 7.24. The van der Waals surface area contributed by atoms with Crippen LogP contribution in [0.15, 0.2) is 21.2 Å². The highest BCUT2D eigenvalue weighted by atomic mass is 79.9. The van der Waals surface area contributed by atoms with Crippen LogP contribution in [0.3, 0.4) is 0 Å². The third kappa shape index (κ3) is 1.65. The van der Waals surface area contributed by atoms with Gasteiger partial charge < -0.3 is 4.42 Å². The van der Waals surface area contributed by atoms with Gasteiger partial charge in [-0.2, -0.15) is 0 Å². The first-order valence-electron chi connectivity index (χ1n) is 3.98. The van der Waals surface area contributed by atoms with Gasteiger partial charge >= 0.3 is 6.03 Å². The second-order valence-electron chi connectivity index (χ2n) is 2.87. The molecule has 0 saturated carbocycles. The average molecular weight is 273 g/mol. The first kappa shape index (κ1) is 9.91. The quantitative estimate of drug-likeness (QED) is 0.729. The Hall–Kier alpha value is -1.63. The van der Waals surface area contributed by atoms with E-state index in [1.165, 1.54) is 6.26 Å². The Balaban J connectivity index is 2.37. The normalized spacial score (nSPS) is 17.5. The number of rotatable bonds is 1. The molecule has 0 bridgehead atoms. The van der Waals surface area contributed by atoms with E-state index in [0.29, 0.717) is 4.47 Å². The van der Waals surface area contributed by atoms with Gasteiger partial charge in [-0.1, -0.05) is 0 Å². The Morgan fingerprint density at radius 3 is 2.27 bits per heavy atom. The number of urea groups is 1. The average Bonchev–Trinajstić information content (AvgIpc) is 2.50. The van der Waals surface area contributed by atoms with Crippen molar-refractivity contribution in [3.05, 3.63) is 22.6 Å². The number of imide groups is 2. The number of carbonyl (C=O) groups is 3. The molecule has 0 spiro atoms. The van der Waals surface area contributed by atoms with Crippen LogP contribution in [0.25, 0.3) is 0 Å². The van der Waals surface area contributed by atoms with E-state index < -0.39 is 23.8 Å². The lowest BCUT2D eigenvalue weighted by atomic mass is 10.0. The highest BCUT2D eigenvalue weighted by Crippen LogP contribution is 2.27. The van der Waals surface area contributed by atoms with E-state index in [1.54, 1.807) is 6.07 Å². The third-order valence-electron chi connectivity index (χ3n) is 1.90. The highest BCUT2D eigenvalue weighted by molar-refractivity contribution is 9.10. The van der Waals surface area contributed by atoms with Crippen LogP contribution in [0.4, 0.5) is 4.79 Å². The summed E-state index contributed by atoms with van der Waals surface area (Å²) < 4.78 is 5.51. The maximum Gasteiger partial charge on any atom is 0.328 e. The van der Waals surface area contributed by atoms with Gasteiger partial charge in [0, 0.05) is 0 Å². The number of barbiturate groups is 1. The van der Waals surface area contributed by atoms with Gasteiger partial charge in [-0.25, -0.2) is 4.79 Å². The van der Waals surface area contributed by atoms with Crippen LogP contribution < -0.4 is 10.6 Å². The van der Waals surface area contributed by atoms with Gasteiger partial charge in [0.2, 0.25) is 11.8 Å². The van der Waals surface area contributed by atoms with E-state index in [1.807, 2.05) is 10.6 Å². The van der Waals surface area contributed by atoms with Crippen molar-refractivity contribution >= 4 is 33.8 Å². The maximum atomic E-state index is 11.4. The smallest absolute Gasteiger partial charge is 0.328 e. The summed E-state index contributed by atoms with van der Waals surface area (Å²) in [5.41, 5.74) is 0. The summed E-state index contributed by atoms with van der Waals surface area (Å²) >= 11 is 3.13. The monoisotopic (exact) mass is 272 g/mol. The van der Waals surface area contributed by atoms with Gasteiger partial charge in [0.1, 0.15) is 5.76 Å². The fourth-order valence-corrected chi connectivity index (χ4v) is 1.70. The van der Waals surface area contributed by atoms with Crippen molar-refractivity contribution in [3.8, 4) is 0 Å². The van der Waals surface area contributed by atoms with E-state index in [0.717, 1.165) is 0 Å². The number of hydrogen-bond acceptors (Lipinski definition) is 4. The van der Waals surface area contributed by atoms with Crippen LogP contribution in [0.2, 0.25) is 0 Å². The molecule has 1 saturated heterocycles. The van der Waals surface area contributed by atoms with Gasteiger partial charge in [0.05, 0.1) is 10.7 Å². The molecule has 0 unspecified atom stereocenters. The molecule has 6 nitrogen and oxygen atoms in total. The molecule has 2 N–H and O–H groups in total. The van der Waals surface area contributed by atoms with Crippen molar-refractivity contribution in [3.63, 3.8) is 0 Å². The van der Waals surface area contributed by atoms with E-state index in [2.05, 4.69) is 15.9 Å². The highest BCUT2D eigenvalue weighted by Gasteiger charge is 2.38. The van der Waals surface area contributed by atoms with Gasteiger partial charge in [-0.3, -0.25) is 20.2 Å². The van der Waals surface area contributed by atoms with Crippen molar-refractivity contribution in [2.45, 2.75) is 5.92 Å². The first-order valence-corrected chi connectivity index (χ1v) is 4.77. The summed E-state index contributed by atoms with van der Waals surface area (Å²) in [6, 6.07) is 0.746. The summed E-state index contributed by atoms with van der Waals surface area (Å²) in [5.74, 6) is -2.34. The molecular weight excluding hydrogens is 268 g/mol. The number of halogens is 1. The number of furan rings is 1. The molecule has 2 heterocycles. The Morgan fingerprint density at radius 1 is 1.20 bits per heavy atom. The van der Waals surface area contributed by atoms with E-state index >= 15 is 0 Å². The Labute approximate surface area is 92.1 Å². The molecule has 4 amide bonds. The van der Waals surface area contributed by atoms with Crippen LogP contribution in [0.5, 0.6) is 0 Å². The van der Waals surface area contributed by atoms with Crippen LogP contribution in [0, 0.1) is 0 Å². The van der Waals surface area contributed by atoms with Crippen molar-refractivity contribution in [1.82, 2.24) is 10.6 Å². The Bertz CT molecular complexity index is 433. The molecule has 2 rings (SSSR count). The largest absolute Gasteiger partial charge is 0.467 e. The number of nitrogens with one attached hydrogen (secondary N) is 2. The molecule has 1 aliphatic heterocycles. The standard InChI is InChI=1S/C8H5BrN2O4/c9-3-1-2-15-5(3)4-6(12)10-8(14)11-7(4)13/h1-2,4H,(H2,10,11,12,13,14). The lowest BCUT2D eigenvalue weighted by Gasteiger charge is -2.18. The molecule has 0 aromatic carbocycles. The van der Waals surface area contributed by atoms with Gasteiger partial charge in [0.25, 0.3) is 0 Å². The molecule has 0 atom stereocenters. The van der Waals surface area contributed by atoms with E-state index in [9.17, 15) is 14.4 Å². The molecule has 78 valence electrons. The number of carbonyl (C=O) groups excluding carboxylic acids is 3. The maximum absolute atomic E-state index is 11.4. The van der Waals surface area contributed by atoms with Gasteiger partial charge in [-0.15, -0.1) is 0 Å². The summed E-state index contributed by atoms with van der Waals surface area (Å²) in [6.07, 6.45) is 1.34. The minimum Gasteiger partial charge on any atom is -0.467 e. The molecule has 15 heavy (non-hydrogen) atoms. The predicted molar refractivity (Wildman–Crippen MR) is 50.8 cm³/mol. The first-order chi connectivity index (χ1) is 7.09. The van der Waals surface area contributed by atoms with E-state index in [4.69, 9.17) is 4.42 Å². The third-order valence-corrected chi connectivity index (χ3v) is 2.56. The van der Waals surface area contributed by atoms with Crippen LogP contribution in [-0.4, -0.2) is 17.8 Å². The zero-order valence-corrected chi connectivity index (χ0v) is 8.83. The van der Waals surface area contributed by atoms with Crippen LogP contribution >= 0.6 is 15.9 Å². The Kier molecular flexibility index (Phi) is 2.31. The lowest BCUT2D eigenvalue weighted by Crippen LogP contribution is -2.54. The summed E-state index contributed by atoms with van der Waals surface area (Å²) in [4.78, 5) is 33.6. The van der Waals surface area contributed by atoms with Crippen LogP contribution in [-0.2, 0) is 9.59 Å². The number of hydrogen-bond donors (Lipinski definition) is 2. The second kappa shape index (κ2) is 3.50. The second-order valence-corrected chi connectivity index (χ2v) is 3.73. The summed E-state index contributed by atoms with van der Waals surface area (Å²) in [7, 11) is 0. The Morgan fingerprint density at radius 2 is 1.80 bits per heavy atom. The van der Waals surface area contributed by atoms with Gasteiger partial charge in [-0.05, 0) is 22.0 Å². The van der Waals surface area contributed by atoms with Crippen molar-refractivity contribution < 1.29 is 18.8 Å². The fourth-order valence-electron chi connectivity index (χ4n) is 1.27. The summed E-state index contributed by atoms with van der Waals surface area (Å²) in [6.45, 7) is 0. The lowest BCUT2D eigenvalue weighted by molar-refractivity contribution is -0.132. The molecule has 0 aliphatic carbocycles. The van der Waals surface area contributed by atoms with E-state index in [-0.39, 0.29) is 5.76 Å². The summed E-state index contributed by atoms with van der Waals surface area (Å²) in [5, 5.41) is 3.97. The fraction of sp³-hybridized carbons (Fsp3) is 0.125. The molecule has 1 aliphatic rings. The minimum absolute atomic E-state index is 0.178. The van der Waals surface area contributed by atoms with Crippen LogP contribution in [0.1, 0.15) is 11.7 Å². The molecule has 1 fully saturated rings. The minimum atomic E-state index is -1.13. The van der Waals surface area contributed by atoms with Gasteiger partial charge in [0.15, 0.2) is 5.92 Å². The molecular formula is C8H5BrN2O4. The van der Waals surface area contributed by atoms with Crippen molar-refractivity contribution in [2.75, 3.05) is 0 Å². The molecule has 1 aromatic heterocycles. The molecule has 0 radical (unpaired) electrons. The van der Waals surface area contributed by atoms with Crippen molar-refractivity contribution in [1.29, 1.82) is 0 Å².